The quantitative estimate of drug-likeness (QED) is 0.820. The zero-order valence-electron chi connectivity index (χ0n) is 9.70. The first kappa shape index (κ1) is 11.0. The van der Waals surface area contributed by atoms with Gasteiger partial charge in [-0.05, 0) is 25.0 Å². The fourth-order valence-electron chi connectivity index (χ4n) is 1.87. The molecule has 0 saturated heterocycles. The molecule has 0 saturated carbocycles. The number of amidine groups is 1. The number of ether oxygens (including phenoxy) is 1. The summed E-state index contributed by atoms with van der Waals surface area (Å²) in [5, 5.41) is 3.29. The Hall–Kier alpha value is -1.51. The molecule has 1 N–H and O–H groups in total. The Morgan fingerprint density at radius 2 is 2.19 bits per heavy atom. The Balaban J connectivity index is 1.97. The highest BCUT2D eigenvalue weighted by molar-refractivity contribution is 5.83. The number of rotatable bonds is 5. The minimum Gasteiger partial charge on any atom is -0.494 e. The minimum atomic E-state index is 0.718. The molecule has 3 heteroatoms. The SMILES string of the molecule is CCOc1ccccc1CCC1=NCCN1. The molecule has 0 aromatic heterocycles. The third kappa shape index (κ3) is 2.75. The molecule has 1 aromatic carbocycles. The minimum absolute atomic E-state index is 0.718. The molecule has 0 radical (unpaired) electrons. The molecule has 0 fully saturated rings. The maximum Gasteiger partial charge on any atom is 0.122 e. The van der Waals surface area contributed by atoms with Crippen LogP contribution in [0.5, 0.6) is 5.75 Å². The monoisotopic (exact) mass is 218 g/mol. The van der Waals surface area contributed by atoms with Crippen LogP contribution in [0.4, 0.5) is 0 Å². The van der Waals surface area contributed by atoms with Gasteiger partial charge in [-0.1, -0.05) is 18.2 Å². The van der Waals surface area contributed by atoms with Crippen molar-refractivity contribution in [3.63, 3.8) is 0 Å². The summed E-state index contributed by atoms with van der Waals surface area (Å²) < 4.78 is 5.59. The molecule has 3 nitrogen and oxygen atoms in total. The van der Waals surface area contributed by atoms with Gasteiger partial charge in [-0.15, -0.1) is 0 Å². The van der Waals surface area contributed by atoms with Crippen LogP contribution >= 0.6 is 0 Å². The maximum atomic E-state index is 5.59. The summed E-state index contributed by atoms with van der Waals surface area (Å²) in [4.78, 5) is 4.39. The first-order valence-corrected chi connectivity index (χ1v) is 5.88. The van der Waals surface area contributed by atoms with Crippen LogP contribution in [0.2, 0.25) is 0 Å². The molecule has 0 amide bonds. The number of nitrogens with zero attached hydrogens (tertiary/aromatic N) is 1. The highest BCUT2D eigenvalue weighted by atomic mass is 16.5. The first-order valence-electron chi connectivity index (χ1n) is 5.88. The number of hydrogen-bond acceptors (Lipinski definition) is 3. The van der Waals surface area contributed by atoms with E-state index < -0.39 is 0 Å². The van der Waals surface area contributed by atoms with Crippen molar-refractivity contribution in [2.75, 3.05) is 19.7 Å². The van der Waals surface area contributed by atoms with E-state index >= 15 is 0 Å². The topological polar surface area (TPSA) is 33.6 Å². The Kier molecular flexibility index (Phi) is 3.81. The molecule has 16 heavy (non-hydrogen) atoms. The van der Waals surface area contributed by atoms with E-state index in [1.54, 1.807) is 0 Å². The number of benzene rings is 1. The number of hydrogen-bond donors (Lipinski definition) is 1. The van der Waals surface area contributed by atoms with Gasteiger partial charge in [0.05, 0.1) is 19.0 Å². The smallest absolute Gasteiger partial charge is 0.122 e. The van der Waals surface area contributed by atoms with E-state index in [0.717, 1.165) is 44.1 Å². The van der Waals surface area contributed by atoms with Gasteiger partial charge < -0.3 is 10.1 Å². The van der Waals surface area contributed by atoms with Gasteiger partial charge in [0.15, 0.2) is 0 Å². The van der Waals surface area contributed by atoms with Crippen LogP contribution in [0, 0.1) is 0 Å². The number of para-hydroxylation sites is 1. The van der Waals surface area contributed by atoms with Crippen LogP contribution in [0.15, 0.2) is 29.3 Å². The molecule has 0 atom stereocenters. The summed E-state index contributed by atoms with van der Waals surface area (Å²) in [7, 11) is 0. The standard InChI is InChI=1S/C13H18N2O/c1-2-16-12-6-4-3-5-11(12)7-8-13-14-9-10-15-13/h3-6H,2,7-10H2,1H3,(H,14,15). The molecule has 0 bridgehead atoms. The lowest BCUT2D eigenvalue weighted by Crippen LogP contribution is -2.18. The van der Waals surface area contributed by atoms with Crippen molar-refractivity contribution in [2.24, 2.45) is 4.99 Å². The van der Waals surface area contributed by atoms with Crippen molar-refractivity contribution in [3.8, 4) is 5.75 Å². The van der Waals surface area contributed by atoms with Gasteiger partial charge in [0.25, 0.3) is 0 Å². The highest BCUT2D eigenvalue weighted by Crippen LogP contribution is 2.19. The van der Waals surface area contributed by atoms with E-state index in [0.29, 0.717) is 0 Å². The predicted molar refractivity (Wildman–Crippen MR) is 66.2 cm³/mol. The zero-order chi connectivity index (χ0) is 11.2. The van der Waals surface area contributed by atoms with Gasteiger partial charge >= 0.3 is 0 Å². The molecule has 1 heterocycles. The van der Waals surface area contributed by atoms with E-state index in [1.165, 1.54) is 5.56 Å². The van der Waals surface area contributed by atoms with Crippen molar-refractivity contribution in [3.05, 3.63) is 29.8 Å². The van der Waals surface area contributed by atoms with E-state index in [4.69, 9.17) is 4.74 Å². The Labute approximate surface area is 96.5 Å². The molecule has 1 aliphatic rings. The first-order chi connectivity index (χ1) is 7.90. The van der Waals surface area contributed by atoms with Crippen molar-refractivity contribution >= 4 is 5.84 Å². The summed E-state index contributed by atoms with van der Waals surface area (Å²) >= 11 is 0. The van der Waals surface area contributed by atoms with Gasteiger partial charge in [0.1, 0.15) is 5.75 Å². The number of aliphatic imine (C=N–C) groups is 1. The van der Waals surface area contributed by atoms with Crippen molar-refractivity contribution < 1.29 is 4.74 Å². The highest BCUT2D eigenvalue weighted by Gasteiger charge is 2.07. The summed E-state index contributed by atoms with van der Waals surface area (Å²) in [6.07, 6.45) is 1.96. The molecule has 1 aliphatic heterocycles. The number of nitrogens with one attached hydrogen (secondary N) is 1. The maximum absolute atomic E-state index is 5.59. The van der Waals surface area contributed by atoms with Crippen LogP contribution in [0.1, 0.15) is 18.9 Å². The average molecular weight is 218 g/mol. The molecular formula is C13H18N2O. The van der Waals surface area contributed by atoms with Crippen LogP contribution in [-0.2, 0) is 6.42 Å². The summed E-state index contributed by atoms with van der Waals surface area (Å²) in [6.45, 7) is 4.64. The third-order valence-electron chi connectivity index (χ3n) is 2.65. The number of aryl methyl sites for hydroxylation is 1. The zero-order valence-corrected chi connectivity index (χ0v) is 9.70. The predicted octanol–water partition coefficient (Wildman–Crippen LogP) is 2.02. The molecule has 1 aromatic rings. The van der Waals surface area contributed by atoms with E-state index in [1.807, 2.05) is 19.1 Å². The van der Waals surface area contributed by atoms with Crippen molar-refractivity contribution in [1.29, 1.82) is 0 Å². The van der Waals surface area contributed by atoms with Gasteiger partial charge in [-0.25, -0.2) is 0 Å². The van der Waals surface area contributed by atoms with E-state index in [2.05, 4.69) is 22.4 Å². The lowest BCUT2D eigenvalue weighted by molar-refractivity contribution is 0.336. The molecule has 2 rings (SSSR count). The normalized spacial score (nSPS) is 14.4. The average Bonchev–Trinajstić information content (AvgIpc) is 2.81. The second-order valence-corrected chi connectivity index (χ2v) is 3.80. The molecule has 0 unspecified atom stereocenters. The summed E-state index contributed by atoms with van der Waals surface area (Å²) in [5.41, 5.74) is 1.26. The molecule has 86 valence electrons. The van der Waals surface area contributed by atoms with E-state index in [9.17, 15) is 0 Å². The fraction of sp³-hybridized carbons (Fsp3) is 0.462. The van der Waals surface area contributed by atoms with Crippen LogP contribution < -0.4 is 10.1 Å². The fourth-order valence-corrected chi connectivity index (χ4v) is 1.87. The lowest BCUT2D eigenvalue weighted by Gasteiger charge is -2.09. The largest absolute Gasteiger partial charge is 0.494 e. The summed E-state index contributed by atoms with van der Waals surface area (Å²) in [6, 6.07) is 8.23. The van der Waals surface area contributed by atoms with Gasteiger partial charge in [-0.2, -0.15) is 0 Å². The van der Waals surface area contributed by atoms with Crippen LogP contribution in [0.3, 0.4) is 0 Å². The molecule has 0 spiro atoms. The van der Waals surface area contributed by atoms with Crippen LogP contribution in [0.25, 0.3) is 0 Å². The Bertz CT molecular complexity index is 374. The lowest BCUT2D eigenvalue weighted by atomic mass is 10.1. The van der Waals surface area contributed by atoms with Crippen molar-refractivity contribution in [2.45, 2.75) is 19.8 Å². The second-order valence-electron chi connectivity index (χ2n) is 3.80. The second kappa shape index (κ2) is 5.54. The van der Waals surface area contributed by atoms with Crippen molar-refractivity contribution in [1.82, 2.24) is 5.32 Å². The van der Waals surface area contributed by atoms with Gasteiger partial charge in [0, 0.05) is 13.0 Å². The van der Waals surface area contributed by atoms with Crippen LogP contribution in [-0.4, -0.2) is 25.5 Å². The van der Waals surface area contributed by atoms with Gasteiger partial charge in [-0.3, -0.25) is 4.99 Å². The third-order valence-corrected chi connectivity index (χ3v) is 2.65. The van der Waals surface area contributed by atoms with Gasteiger partial charge in [0.2, 0.25) is 0 Å². The molecule has 0 aliphatic carbocycles. The summed E-state index contributed by atoms with van der Waals surface area (Å²) in [5.74, 6) is 2.13. The van der Waals surface area contributed by atoms with E-state index in [-0.39, 0.29) is 0 Å². The Morgan fingerprint density at radius 3 is 2.94 bits per heavy atom. The molecular weight excluding hydrogens is 200 g/mol. The Morgan fingerprint density at radius 1 is 1.31 bits per heavy atom.